The van der Waals surface area contributed by atoms with Crippen molar-refractivity contribution in [3.05, 3.63) is 23.7 Å². The highest BCUT2D eigenvalue weighted by molar-refractivity contribution is 5.05. The van der Waals surface area contributed by atoms with Crippen LogP contribution in [0, 0.1) is 6.92 Å². The third-order valence-corrected chi connectivity index (χ3v) is 3.49. The molecule has 90 valence electrons. The SMILES string of the molecule is Cc1ccc(CN(C)C2CCC(O)CC2)o1. The first-order chi connectivity index (χ1) is 7.65. The molecule has 0 amide bonds. The summed E-state index contributed by atoms with van der Waals surface area (Å²) in [5.74, 6) is 2.01. The zero-order valence-electron chi connectivity index (χ0n) is 10.1. The van der Waals surface area contributed by atoms with Crippen LogP contribution in [0.3, 0.4) is 0 Å². The standard InChI is InChI=1S/C13H21NO2/c1-10-3-8-13(16-10)9-14(2)11-4-6-12(15)7-5-11/h3,8,11-12,15H,4-7,9H2,1-2H3. The molecule has 0 aliphatic heterocycles. The molecule has 0 bridgehead atoms. The number of nitrogens with zero attached hydrogens (tertiary/aromatic N) is 1. The molecule has 0 spiro atoms. The van der Waals surface area contributed by atoms with Gasteiger partial charge in [-0.05, 0) is 51.8 Å². The van der Waals surface area contributed by atoms with Crippen LogP contribution in [-0.2, 0) is 6.54 Å². The third kappa shape index (κ3) is 2.86. The van der Waals surface area contributed by atoms with Crippen molar-refractivity contribution in [1.29, 1.82) is 0 Å². The van der Waals surface area contributed by atoms with Crippen molar-refractivity contribution in [3.63, 3.8) is 0 Å². The summed E-state index contributed by atoms with van der Waals surface area (Å²) in [5, 5.41) is 9.46. The molecule has 1 aliphatic carbocycles. The maximum atomic E-state index is 9.46. The summed E-state index contributed by atoms with van der Waals surface area (Å²) in [5.41, 5.74) is 0. The van der Waals surface area contributed by atoms with Gasteiger partial charge in [0.2, 0.25) is 0 Å². The Morgan fingerprint density at radius 3 is 2.56 bits per heavy atom. The molecular formula is C13H21NO2. The fourth-order valence-electron chi connectivity index (χ4n) is 2.44. The lowest BCUT2D eigenvalue weighted by atomic mass is 9.92. The minimum absolute atomic E-state index is 0.0736. The number of aliphatic hydroxyl groups is 1. The Bertz CT molecular complexity index is 326. The van der Waals surface area contributed by atoms with Crippen LogP contribution in [0.5, 0.6) is 0 Å². The second kappa shape index (κ2) is 5.02. The molecular weight excluding hydrogens is 202 g/mol. The second-order valence-electron chi connectivity index (χ2n) is 4.89. The first-order valence-corrected chi connectivity index (χ1v) is 6.09. The monoisotopic (exact) mass is 223 g/mol. The van der Waals surface area contributed by atoms with Gasteiger partial charge in [-0.1, -0.05) is 0 Å². The molecule has 1 fully saturated rings. The topological polar surface area (TPSA) is 36.6 Å². The van der Waals surface area contributed by atoms with Crippen LogP contribution in [0.25, 0.3) is 0 Å². The van der Waals surface area contributed by atoms with Gasteiger partial charge in [-0.15, -0.1) is 0 Å². The molecule has 0 radical (unpaired) electrons. The van der Waals surface area contributed by atoms with Gasteiger partial charge in [0.25, 0.3) is 0 Å². The number of hydrogen-bond donors (Lipinski definition) is 1. The molecule has 0 aromatic carbocycles. The fraction of sp³-hybridized carbons (Fsp3) is 0.692. The van der Waals surface area contributed by atoms with Crippen LogP contribution in [0.2, 0.25) is 0 Å². The third-order valence-electron chi connectivity index (χ3n) is 3.49. The summed E-state index contributed by atoms with van der Waals surface area (Å²) in [6, 6.07) is 4.64. The van der Waals surface area contributed by atoms with Crippen molar-refractivity contribution in [2.75, 3.05) is 7.05 Å². The first-order valence-electron chi connectivity index (χ1n) is 6.09. The molecule has 1 aliphatic rings. The number of aliphatic hydroxyl groups excluding tert-OH is 1. The minimum atomic E-state index is -0.0736. The Balaban J connectivity index is 1.85. The highest BCUT2D eigenvalue weighted by atomic mass is 16.3. The van der Waals surface area contributed by atoms with E-state index in [1.165, 1.54) is 0 Å². The Hall–Kier alpha value is -0.800. The predicted molar refractivity (Wildman–Crippen MR) is 63.2 cm³/mol. The summed E-state index contributed by atoms with van der Waals surface area (Å²) >= 11 is 0. The van der Waals surface area contributed by atoms with Crippen molar-refractivity contribution in [1.82, 2.24) is 4.90 Å². The normalized spacial score (nSPS) is 26.2. The smallest absolute Gasteiger partial charge is 0.118 e. The van der Waals surface area contributed by atoms with Crippen LogP contribution in [0.4, 0.5) is 0 Å². The molecule has 3 heteroatoms. The Kier molecular flexibility index (Phi) is 3.66. The van der Waals surface area contributed by atoms with Crippen LogP contribution >= 0.6 is 0 Å². The van der Waals surface area contributed by atoms with Crippen LogP contribution < -0.4 is 0 Å². The van der Waals surface area contributed by atoms with E-state index in [9.17, 15) is 5.11 Å². The molecule has 16 heavy (non-hydrogen) atoms. The molecule has 1 aromatic heterocycles. The number of hydrogen-bond acceptors (Lipinski definition) is 3. The van der Waals surface area contributed by atoms with Gasteiger partial charge in [0.1, 0.15) is 11.5 Å². The number of rotatable bonds is 3. The average Bonchev–Trinajstić information content (AvgIpc) is 2.65. The quantitative estimate of drug-likeness (QED) is 0.854. The van der Waals surface area contributed by atoms with E-state index >= 15 is 0 Å². The molecule has 0 unspecified atom stereocenters. The molecule has 0 saturated heterocycles. The maximum Gasteiger partial charge on any atom is 0.118 e. The van der Waals surface area contributed by atoms with Crippen molar-refractivity contribution >= 4 is 0 Å². The fourth-order valence-corrected chi connectivity index (χ4v) is 2.44. The van der Waals surface area contributed by atoms with Gasteiger partial charge in [-0.25, -0.2) is 0 Å². The van der Waals surface area contributed by atoms with E-state index in [0.29, 0.717) is 6.04 Å². The molecule has 1 aromatic rings. The van der Waals surface area contributed by atoms with E-state index in [0.717, 1.165) is 43.7 Å². The Labute approximate surface area is 97.1 Å². The highest BCUT2D eigenvalue weighted by Crippen LogP contribution is 2.23. The van der Waals surface area contributed by atoms with Gasteiger partial charge in [0.05, 0.1) is 12.6 Å². The minimum Gasteiger partial charge on any atom is -0.465 e. The van der Waals surface area contributed by atoms with E-state index < -0.39 is 0 Å². The van der Waals surface area contributed by atoms with Gasteiger partial charge in [-0.2, -0.15) is 0 Å². The van der Waals surface area contributed by atoms with E-state index in [-0.39, 0.29) is 6.10 Å². The van der Waals surface area contributed by atoms with E-state index in [1.807, 2.05) is 19.1 Å². The maximum absolute atomic E-state index is 9.46. The molecule has 1 N–H and O–H groups in total. The summed E-state index contributed by atoms with van der Waals surface area (Å²) in [6.07, 6.45) is 3.99. The lowest BCUT2D eigenvalue weighted by molar-refractivity contribution is 0.0792. The van der Waals surface area contributed by atoms with Crippen molar-refractivity contribution in [2.24, 2.45) is 0 Å². The average molecular weight is 223 g/mol. The van der Waals surface area contributed by atoms with Crippen molar-refractivity contribution in [3.8, 4) is 0 Å². The largest absolute Gasteiger partial charge is 0.465 e. The van der Waals surface area contributed by atoms with Gasteiger partial charge in [-0.3, -0.25) is 4.90 Å². The van der Waals surface area contributed by atoms with Crippen LogP contribution in [0.15, 0.2) is 16.5 Å². The molecule has 1 saturated carbocycles. The van der Waals surface area contributed by atoms with E-state index in [1.54, 1.807) is 0 Å². The summed E-state index contributed by atoms with van der Waals surface area (Å²) in [4.78, 5) is 2.34. The molecule has 3 nitrogen and oxygen atoms in total. The van der Waals surface area contributed by atoms with Crippen LogP contribution in [-0.4, -0.2) is 29.2 Å². The summed E-state index contributed by atoms with van der Waals surface area (Å²) in [6.45, 7) is 2.84. The lowest BCUT2D eigenvalue weighted by Gasteiger charge is -2.32. The lowest BCUT2D eigenvalue weighted by Crippen LogP contribution is -2.35. The second-order valence-corrected chi connectivity index (χ2v) is 4.89. The molecule has 0 atom stereocenters. The van der Waals surface area contributed by atoms with Crippen molar-refractivity contribution < 1.29 is 9.52 Å². The van der Waals surface area contributed by atoms with Gasteiger partial charge in [0, 0.05) is 6.04 Å². The first kappa shape index (κ1) is 11.7. The van der Waals surface area contributed by atoms with Crippen molar-refractivity contribution in [2.45, 2.75) is 51.3 Å². The Morgan fingerprint density at radius 2 is 2.00 bits per heavy atom. The summed E-state index contributed by atoms with van der Waals surface area (Å²) in [7, 11) is 2.14. The zero-order chi connectivity index (χ0) is 11.5. The number of furan rings is 1. The molecule has 1 heterocycles. The van der Waals surface area contributed by atoms with Gasteiger partial charge < -0.3 is 9.52 Å². The van der Waals surface area contributed by atoms with E-state index in [4.69, 9.17) is 4.42 Å². The van der Waals surface area contributed by atoms with Gasteiger partial charge in [0.15, 0.2) is 0 Å². The summed E-state index contributed by atoms with van der Waals surface area (Å²) < 4.78 is 5.58. The van der Waals surface area contributed by atoms with Crippen LogP contribution in [0.1, 0.15) is 37.2 Å². The predicted octanol–water partition coefficient (Wildman–Crippen LogP) is 2.32. The van der Waals surface area contributed by atoms with Gasteiger partial charge >= 0.3 is 0 Å². The highest BCUT2D eigenvalue weighted by Gasteiger charge is 2.22. The zero-order valence-corrected chi connectivity index (χ0v) is 10.1. The molecule has 2 rings (SSSR count). The Morgan fingerprint density at radius 1 is 1.31 bits per heavy atom. The van der Waals surface area contributed by atoms with E-state index in [2.05, 4.69) is 11.9 Å². The number of aryl methyl sites for hydroxylation is 1.